The van der Waals surface area contributed by atoms with Gasteiger partial charge in [0.15, 0.2) is 0 Å². The second kappa shape index (κ2) is 5.61. The van der Waals surface area contributed by atoms with Crippen LogP contribution in [0.5, 0.6) is 0 Å². The molecule has 0 aromatic rings. The van der Waals surface area contributed by atoms with Crippen LogP contribution in [0.1, 0.15) is 0 Å². The van der Waals surface area contributed by atoms with E-state index in [0.717, 1.165) is 0 Å². The lowest BCUT2D eigenvalue weighted by Gasteiger charge is -2.36. The van der Waals surface area contributed by atoms with Gasteiger partial charge in [0.05, 0.1) is 0 Å². The van der Waals surface area contributed by atoms with Gasteiger partial charge >= 0.3 is 14.0 Å². The van der Waals surface area contributed by atoms with Crippen LogP contribution in [0.25, 0.3) is 0 Å². The number of halogens is 2. The van der Waals surface area contributed by atoms with Crippen molar-refractivity contribution in [3.63, 3.8) is 0 Å². The van der Waals surface area contributed by atoms with Gasteiger partial charge in [0, 0.05) is 42.3 Å². The first kappa shape index (κ1) is 16.1. The first-order valence-electron chi connectivity index (χ1n) is 4.17. The Morgan fingerprint density at radius 1 is 0.933 bits per heavy atom. The molecule has 0 rings (SSSR count). The minimum absolute atomic E-state index is 1.83. The summed E-state index contributed by atoms with van der Waals surface area (Å²) in [5.74, 6) is 0. The van der Waals surface area contributed by atoms with E-state index in [1.165, 1.54) is 0 Å². The number of hydrogen-bond donors (Lipinski definition) is 0. The topological polar surface area (TPSA) is 36.0 Å². The van der Waals surface area contributed by atoms with Gasteiger partial charge in [0.25, 0.3) is 0 Å². The maximum Gasteiger partial charge on any atom is 0.419 e. The Hall–Kier alpha value is 1.08. The lowest BCUT2D eigenvalue weighted by Crippen LogP contribution is -2.36. The molecule has 0 aromatic carbocycles. The summed E-state index contributed by atoms with van der Waals surface area (Å²) < 4.78 is 22.3. The highest BCUT2D eigenvalue weighted by Crippen LogP contribution is 2.77. The van der Waals surface area contributed by atoms with Gasteiger partial charge in [-0.3, -0.25) is 4.57 Å². The molecule has 0 atom stereocenters. The Bertz CT molecular complexity index is 235. The van der Waals surface area contributed by atoms with Gasteiger partial charge in [0.2, 0.25) is 0 Å². The number of rotatable bonds is 5. The van der Waals surface area contributed by atoms with Crippen LogP contribution in [0.3, 0.4) is 0 Å². The van der Waals surface area contributed by atoms with E-state index in [0.29, 0.717) is 0 Å². The van der Waals surface area contributed by atoms with Gasteiger partial charge in [-0.05, 0) is 22.5 Å². The first-order chi connectivity index (χ1) is 6.54. The Kier molecular flexibility index (Phi) is 6.02. The molecular weight excluding hydrogens is 279 g/mol. The molecule has 0 saturated heterocycles. The average Bonchev–Trinajstić information content (AvgIpc) is 1.96. The summed E-state index contributed by atoms with van der Waals surface area (Å²) in [4.78, 5) is 0. The molecule has 0 amide bonds. The molecule has 9 heteroatoms. The van der Waals surface area contributed by atoms with Gasteiger partial charge in [0.1, 0.15) is 0 Å². The molecular formula is C6H18Cl2N3O2P2+. The van der Waals surface area contributed by atoms with E-state index in [9.17, 15) is 4.57 Å². The van der Waals surface area contributed by atoms with Gasteiger partial charge in [-0.25, -0.2) is 0 Å². The highest BCUT2D eigenvalue weighted by molar-refractivity contribution is 8.07. The predicted molar refractivity (Wildman–Crippen MR) is 68.4 cm³/mol. The first-order valence-corrected chi connectivity index (χ1v) is 9.17. The van der Waals surface area contributed by atoms with Crippen molar-refractivity contribution in [3.05, 3.63) is 0 Å². The fraction of sp³-hybridized carbons (Fsp3) is 1.00. The number of nitrogens with zero attached hydrogens (tertiary/aromatic N) is 3. The zero-order chi connectivity index (χ0) is 12.4. The van der Waals surface area contributed by atoms with Gasteiger partial charge in [-0.2, -0.15) is 0 Å². The lowest BCUT2D eigenvalue weighted by atomic mass is 11.2. The predicted octanol–water partition coefficient (Wildman–Crippen LogP) is 2.95. The molecule has 0 aliphatic carbocycles. The van der Waals surface area contributed by atoms with Crippen molar-refractivity contribution in [2.24, 2.45) is 0 Å². The molecule has 0 N–H and O–H groups in total. The zero-order valence-electron chi connectivity index (χ0n) is 9.81. The average molecular weight is 297 g/mol. The second-order valence-electron chi connectivity index (χ2n) is 3.55. The van der Waals surface area contributed by atoms with E-state index in [-0.39, 0.29) is 0 Å². The third-order valence-corrected chi connectivity index (χ3v) is 7.64. The van der Waals surface area contributed by atoms with Crippen LogP contribution in [-0.2, 0) is 8.88 Å². The minimum Gasteiger partial charge on any atom is -0.253 e. The molecule has 0 aliphatic heterocycles. The van der Waals surface area contributed by atoms with Crippen LogP contribution in [0, 0.1) is 0 Å². The second-order valence-corrected chi connectivity index (χ2v) is 11.6. The van der Waals surface area contributed by atoms with E-state index in [1.54, 1.807) is 0 Å². The van der Waals surface area contributed by atoms with Crippen molar-refractivity contribution in [1.29, 1.82) is 0 Å². The third kappa shape index (κ3) is 4.10. The van der Waals surface area contributed by atoms with Crippen LogP contribution < -0.4 is 0 Å². The van der Waals surface area contributed by atoms with Crippen LogP contribution >= 0.6 is 36.5 Å². The third-order valence-electron chi connectivity index (χ3n) is 1.77. The van der Waals surface area contributed by atoms with E-state index in [1.807, 2.05) is 56.3 Å². The van der Waals surface area contributed by atoms with Crippen molar-refractivity contribution in [3.8, 4) is 0 Å². The molecule has 5 nitrogen and oxygen atoms in total. The standard InChI is InChI=1S/C6H18Cl2N3O2P2/c1-9(2)15(10(3)4,11(5)6)13-14(7,8)12/h1-6H3/q+1. The molecule has 0 spiro atoms. The van der Waals surface area contributed by atoms with Gasteiger partial charge in [-0.15, -0.1) is 14.0 Å². The molecule has 0 heterocycles. The fourth-order valence-corrected chi connectivity index (χ4v) is 7.83. The van der Waals surface area contributed by atoms with Gasteiger partial charge in [-0.1, -0.05) is 4.31 Å². The van der Waals surface area contributed by atoms with E-state index in [2.05, 4.69) is 0 Å². The van der Waals surface area contributed by atoms with Crippen molar-refractivity contribution < 1.29 is 8.88 Å². The monoisotopic (exact) mass is 296 g/mol. The molecule has 92 valence electrons. The Morgan fingerprint density at radius 3 is 1.27 bits per heavy atom. The maximum atomic E-state index is 11.4. The lowest BCUT2D eigenvalue weighted by molar-refractivity contribution is 0.357. The van der Waals surface area contributed by atoms with Crippen LogP contribution in [0.2, 0.25) is 0 Å². The summed E-state index contributed by atoms with van der Waals surface area (Å²) in [6.45, 7) is 0. The van der Waals surface area contributed by atoms with Crippen LogP contribution in [-0.4, -0.2) is 56.3 Å². The van der Waals surface area contributed by atoms with Crippen molar-refractivity contribution in [2.45, 2.75) is 0 Å². The van der Waals surface area contributed by atoms with Crippen molar-refractivity contribution in [1.82, 2.24) is 14.0 Å². The molecule has 0 aromatic heterocycles. The van der Waals surface area contributed by atoms with E-state index in [4.69, 9.17) is 26.8 Å². The Labute approximate surface area is 102 Å². The van der Waals surface area contributed by atoms with Crippen LogP contribution in [0.4, 0.5) is 0 Å². The Balaban J connectivity index is 5.25. The summed E-state index contributed by atoms with van der Waals surface area (Å²) in [6, 6.07) is 0. The summed E-state index contributed by atoms with van der Waals surface area (Å²) in [6.07, 6.45) is -3.58. The summed E-state index contributed by atoms with van der Waals surface area (Å²) >= 11 is 11.0. The normalized spacial score (nSPS) is 14.3. The zero-order valence-corrected chi connectivity index (χ0v) is 13.1. The molecule has 0 bridgehead atoms. The molecule has 0 aliphatic rings. The molecule has 15 heavy (non-hydrogen) atoms. The maximum absolute atomic E-state index is 11.4. The van der Waals surface area contributed by atoms with Crippen molar-refractivity contribution >= 4 is 36.5 Å². The molecule has 0 saturated carbocycles. The van der Waals surface area contributed by atoms with E-state index >= 15 is 0 Å². The highest BCUT2D eigenvalue weighted by atomic mass is 35.9. The number of hydrogen-bond acceptors (Lipinski definition) is 5. The quantitative estimate of drug-likeness (QED) is 0.729. The Morgan fingerprint density at radius 2 is 1.20 bits per heavy atom. The molecule has 0 radical (unpaired) electrons. The van der Waals surface area contributed by atoms with Crippen LogP contribution in [0.15, 0.2) is 0 Å². The molecule has 0 unspecified atom stereocenters. The van der Waals surface area contributed by atoms with Crippen molar-refractivity contribution in [2.75, 3.05) is 42.3 Å². The van der Waals surface area contributed by atoms with E-state index < -0.39 is 14.0 Å². The smallest absolute Gasteiger partial charge is 0.253 e. The fourth-order valence-electron chi connectivity index (χ4n) is 1.42. The summed E-state index contributed by atoms with van der Waals surface area (Å²) in [5.41, 5.74) is 0. The SMILES string of the molecule is CN(C)[P+](OP(=O)(Cl)Cl)(N(C)C)N(C)C. The summed E-state index contributed by atoms with van der Waals surface area (Å²) in [5, 5.41) is 0. The highest BCUT2D eigenvalue weighted by Gasteiger charge is 2.55. The largest absolute Gasteiger partial charge is 0.419 e. The summed E-state index contributed by atoms with van der Waals surface area (Å²) in [7, 11) is 8.62. The molecule has 0 fully saturated rings. The van der Waals surface area contributed by atoms with Gasteiger partial charge < -0.3 is 0 Å². The minimum atomic E-state index is -3.58.